The van der Waals surface area contributed by atoms with Crippen LogP contribution in [-0.2, 0) is 13.2 Å². The average Bonchev–Trinajstić information content (AvgIpc) is 3.39. The molecule has 0 amide bonds. The maximum Gasteiger partial charge on any atom is 0.266 e. The summed E-state index contributed by atoms with van der Waals surface area (Å²) >= 11 is 0. The Bertz CT molecular complexity index is 1080. The van der Waals surface area contributed by atoms with Crippen LogP contribution in [0.25, 0.3) is 11.7 Å². The van der Waals surface area contributed by atoms with Crippen LogP contribution in [0.3, 0.4) is 0 Å². The number of benzene rings is 1. The van der Waals surface area contributed by atoms with Crippen LogP contribution in [0.1, 0.15) is 17.0 Å². The number of furan rings is 1. The van der Waals surface area contributed by atoms with E-state index in [0.29, 0.717) is 23.9 Å². The van der Waals surface area contributed by atoms with Gasteiger partial charge < -0.3 is 18.9 Å². The topological polar surface area (TPSA) is 97.1 Å². The Kier molecular flexibility index (Phi) is 5.02. The van der Waals surface area contributed by atoms with Crippen molar-refractivity contribution >= 4 is 5.88 Å². The first-order valence-corrected chi connectivity index (χ1v) is 8.62. The fourth-order valence-electron chi connectivity index (χ4n) is 2.55. The molecule has 0 saturated heterocycles. The van der Waals surface area contributed by atoms with E-state index in [2.05, 4.69) is 15.3 Å². The second-order valence-electron chi connectivity index (χ2n) is 5.89. The fourth-order valence-corrected chi connectivity index (χ4v) is 2.55. The molecule has 28 heavy (non-hydrogen) atoms. The average molecular weight is 372 g/mol. The van der Waals surface area contributed by atoms with Crippen LogP contribution in [0, 0.1) is 11.3 Å². The van der Waals surface area contributed by atoms with E-state index in [4.69, 9.17) is 13.6 Å². The van der Waals surface area contributed by atoms with Gasteiger partial charge in [-0.2, -0.15) is 10.2 Å². The molecule has 1 N–H and O–H groups in total. The van der Waals surface area contributed by atoms with Crippen LogP contribution in [0.4, 0.5) is 5.88 Å². The molecule has 0 atom stereocenters. The largest absolute Gasteiger partial charge is 0.486 e. The molecule has 0 radical (unpaired) electrons. The van der Waals surface area contributed by atoms with E-state index < -0.39 is 0 Å². The van der Waals surface area contributed by atoms with Crippen LogP contribution in [-0.4, -0.2) is 9.97 Å². The normalized spacial score (nSPS) is 10.4. The molecule has 0 aliphatic heterocycles. The van der Waals surface area contributed by atoms with Crippen molar-refractivity contribution in [2.75, 3.05) is 5.32 Å². The highest BCUT2D eigenvalue weighted by atomic mass is 16.5. The zero-order chi connectivity index (χ0) is 19.2. The Labute approximate surface area is 161 Å². The molecule has 0 spiro atoms. The van der Waals surface area contributed by atoms with Gasteiger partial charge in [-0.15, -0.1) is 0 Å². The van der Waals surface area contributed by atoms with Crippen molar-refractivity contribution in [2.24, 2.45) is 0 Å². The van der Waals surface area contributed by atoms with Gasteiger partial charge in [0.1, 0.15) is 24.2 Å². The summed E-state index contributed by atoms with van der Waals surface area (Å²) in [5.74, 6) is 2.33. The number of nitrogens with one attached hydrogen (secondary N) is 1. The Balaban J connectivity index is 1.45. The van der Waals surface area contributed by atoms with Crippen molar-refractivity contribution in [3.63, 3.8) is 0 Å². The number of oxazole rings is 1. The summed E-state index contributed by atoms with van der Waals surface area (Å²) in [4.78, 5) is 8.26. The molecule has 0 saturated carbocycles. The van der Waals surface area contributed by atoms with Gasteiger partial charge in [0.2, 0.25) is 11.6 Å². The second kappa shape index (κ2) is 8.10. The lowest BCUT2D eigenvalue weighted by Gasteiger charge is -2.03. The number of ether oxygens (including phenoxy) is 1. The summed E-state index contributed by atoms with van der Waals surface area (Å²) in [6.07, 6.45) is 3.44. The summed E-state index contributed by atoms with van der Waals surface area (Å²) in [5, 5.41) is 12.4. The molecule has 4 aromatic rings. The minimum absolute atomic E-state index is 0.164. The molecule has 3 aromatic heterocycles. The highest BCUT2D eigenvalue weighted by Crippen LogP contribution is 2.27. The van der Waals surface area contributed by atoms with Crippen molar-refractivity contribution in [3.8, 4) is 23.5 Å². The van der Waals surface area contributed by atoms with E-state index in [1.807, 2.05) is 48.5 Å². The van der Waals surface area contributed by atoms with Crippen LogP contribution < -0.4 is 10.1 Å². The molecule has 0 aliphatic carbocycles. The lowest BCUT2D eigenvalue weighted by Crippen LogP contribution is -1.99. The van der Waals surface area contributed by atoms with Crippen molar-refractivity contribution in [1.29, 1.82) is 5.26 Å². The Morgan fingerprint density at radius 2 is 1.93 bits per heavy atom. The van der Waals surface area contributed by atoms with Crippen LogP contribution in [0.2, 0.25) is 0 Å². The highest BCUT2D eigenvalue weighted by molar-refractivity contribution is 5.54. The van der Waals surface area contributed by atoms with Gasteiger partial charge in [0.25, 0.3) is 5.89 Å². The number of nitriles is 1. The predicted molar refractivity (Wildman–Crippen MR) is 101 cm³/mol. The van der Waals surface area contributed by atoms with Gasteiger partial charge >= 0.3 is 0 Å². The smallest absolute Gasteiger partial charge is 0.266 e. The highest BCUT2D eigenvalue weighted by Gasteiger charge is 2.17. The van der Waals surface area contributed by atoms with Gasteiger partial charge in [0.05, 0.1) is 0 Å². The predicted octanol–water partition coefficient (Wildman–Crippen LogP) is 4.39. The van der Waals surface area contributed by atoms with Crippen LogP contribution in [0.5, 0.6) is 5.75 Å². The molecule has 0 fully saturated rings. The number of rotatable bonds is 7. The number of para-hydroxylation sites is 1. The second-order valence-corrected chi connectivity index (χ2v) is 5.89. The third-order valence-corrected chi connectivity index (χ3v) is 3.91. The van der Waals surface area contributed by atoms with Crippen molar-refractivity contribution in [1.82, 2.24) is 9.97 Å². The summed E-state index contributed by atoms with van der Waals surface area (Å²) < 4.78 is 17.1. The fraction of sp³-hybridized carbons (Fsp3) is 0.0952. The lowest BCUT2D eigenvalue weighted by molar-refractivity contribution is 0.271. The SMILES string of the molecule is N#Cc1nc(-c2ccc(COc3ccccc3)o2)oc1NCc1cccnc1. The van der Waals surface area contributed by atoms with Gasteiger partial charge in [-0.05, 0) is 35.9 Å². The maximum atomic E-state index is 9.32. The Morgan fingerprint density at radius 1 is 1.04 bits per heavy atom. The molecule has 1 aromatic carbocycles. The van der Waals surface area contributed by atoms with E-state index >= 15 is 0 Å². The molecule has 138 valence electrons. The first kappa shape index (κ1) is 17.4. The third kappa shape index (κ3) is 4.02. The van der Waals surface area contributed by atoms with Crippen LogP contribution in [0.15, 0.2) is 75.8 Å². The van der Waals surface area contributed by atoms with Crippen molar-refractivity contribution in [3.05, 3.63) is 84.0 Å². The molecular weight excluding hydrogens is 356 g/mol. The van der Waals surface area contributed by atoms with E-state index in [9.17, 15) is 5.26 Å². The maximum absolute atomic E-state index is 9.32. The molecule has 0 aliphatic rings. The van der Waals surface area contributed by atoms with Gasteiger partial charge in [0.15, 0.2) is 5.76 Å². The molecule has 0 unspecified atom stereocenters. The molecule has 4 rings (SSSR count). The van der Waals surface area contributed by atoms with E-state index in [-0.39, 0.29) is 18.2 Å². The van der Waals surface area contributed by atoms with E-state index in [0.717, 1.165) is 11.3 Å². The first-order valence-electron chi connectivity index (χ1n) is 8.62. The standard InChI is InChI=1S/C21H16N4O3/c22-11-18-20(24-13-15-5-4-10-23-12-15)28-21(25-18)19-9-8-17(27-19)14-26-16-6-2-1-3-7-16/h1-10,12,24H,13-14H2. The number of anilines is 1. The molecular formula is C21H16N4O3. The molecule has 7 nitrogen and oxygen atoms in total. The number of nitrogens with zero attached hydrogens (tertiary/aromatic N) is 3. The number of aromatic nitrogens is 2. The number of pyridine rings is 1. The summed E-state index contributed by atoms with van der Waals surface area (Å²) in [5.41, 5.74) is 1.13. The quantitative estimate of drug-likeness (QED) is 0.514. The zero-order valence-electron chi connectivity index (χ0n) is 14.8. The lowest BCUT2D eigenvalue weighted by atomic mass is 10.3. The molecule has 7 heteroatoms. The zero-order valence-corrected chi connectivity index (χ0v) is 14.8. The van der Waals surface area contributed by atoms with Gasteiger partial charge in [-0.3, -0.25) is 4.98 Å². The monoisotopic (exact) mass is 372 g/mol. The Morgan fingerprint density at radius 3 is 2.71 bits per heavy atom. The third-order valence-electron chi connectivity index (χ3n) is 3.91. The minimum atomic E-state index is 0.164. The summed E-state index contributed by atoms with van der Waals surface area (Å²) in [7, 11) is 0. The summed E-state index contributed by atoms with van der Waals surface area (Å²) in [6, 6.07) is 18.8. The van der Waals surface area contributed by atoms with Gasteiger partial charge in [-0.1, -0.05) is 24.3 Å². The first-order chi connectivity index (χ1) is 13.8. The number of hydrogen-bond acceptors (Lipinski definition) is 7. The minimum Gasteiger partial charge on any atom is -0.486 e. The van der Waals surface area contributed by atoms with Crippen LogP contribution >= 0.6 is 0 Å². The Hall–Kier alpha value is -4.05. The number of hydrogen-bond donors (Lipinski definition) is 1. The molecule has 0 bridgehead atoms. The van der Waals surface area contributed by atoms with Gasteiger partial charge in [0, 0.05) is 18.9 Å². The van der Waals surface area contributed by atoms with E-state index in [1.165, 1.54) is 0 Å². The van der Waals surface area contributed by atoms with Crippen molar-refractivity contribution in [2.45, 2.75) is 13.2 Å². The summed E-state index contributed by atoms with van der Waals surface area (Å²) in [6.45, 7) is 0.743. The molecule has 3 heterocycles. The van der Waals surface area contributed by atoms with E-state index in [1.54, 1.807) is 24.5 Å². The van der Waals surface area contributed by atoms with Gasteiger partial charge in [-0.25, -0.2) is 0 Å². The van der Waals surface area contributed by atoms with Crippen molar-refractivity contribution < 1.29 is 13.6 Å².